The van der Waals surface area contributed by atoms with Gasteiger partial charge in [0.25, 0.3) is 5.91 Å². The fourth-order valence-corrected chi connectivity index (χ4v) is 3.63. The average Bonchev–Trinajstić information content (AvgIpc) is 3.09. The molecule has 1 aliphatic rings. The lowest BCUT2D eigenvalue weighted by molar-refractivity contribution is 0.0622. The molecule has 0 spiro atoms. The van der Waals surface area contributed by atoms with Crippen LogP contribution in [0.4, 0.5) is 0 Å². The Morgan fingerprint density at radius 2 is 1.81 bits per heavy atom. The number of carbonyl (C=O) groups is 1. The summed E-state index contributed by atoms with van der Waals surface area (Å²) in [6, 6.07) is 9.04. The van der Waals surface area contributed by atoms with Crippen molar-refractivity contribution < 1.29 is 4.79 Å². The molecular weight excluding hydrogens is 373 g/mol. The lowest BCUT2D eigenvalue weighted by Gasteiger charge is -2.34. The number of hydrogen-bond acceptors (Lipinski definition) is 4. The Labute approximate surface area is 160 Å². The second-order valence-electron chi connectivity index (χ2n) is 6.22. The van der Waals surface area contributed by atoms with Gasteiger partial charge in [0, 0.05) is 66.8 Å². The largest absolute Gasteiger partial charge is 0.335 e. The van der Waals surface area contributed by atoms with E-state index in [9.17, 15) is 4.79 Å². The second-order valence-corrected chi connectivity index (χ2v) is 7.03. The molecule has 1 aliphatic heterocycles. The maximum atomic E-state index is 12.7. The number of halogens is 2. The first kappa shape index (κ1) is 17.3. The summed E-state index contributed by atoms with van der Waals surface area (Å²) in [6.45, 7) is 3.49. The van der Waals surface area contributed by atoms with Crippen LogP contribution < -0.4 is 0 Å². The standard InChI is InChI=1S/C18H17Cl2N5O/c19-14-3-1-4-15(20)13(14)12-23-7-9-24(10-8-23)18(26)16-11-17-21-5-2-6-25(17)22-16/h1-6,11H,7-10,12H2. The normalized spacial score (nSPS) is 15.5. The highest BCUT2D eigenvalue weighted by molar-refractivity contribution is 6.35. The molecule has 3 aromatic rings. The van der Waals surface area contributed by atoms with Crippen molar-refractivity contribution in [2.45, 2.75) is 6.54 Å². The molecule has 1 amide bonds. The first-order valence-electron chi connectivity index (χ1n) is 8.37. The maximum Gasteiger partial charge on any atom is 0.274 e. The Morgan fingerprint density at radius 1 is 1.08 bits per heavy atom. The van der Waals surface area contributed by atoms with Crippen LogP contribution in [0.1, 0.15) is 16.1 Å². The van der Waals surface area contributed by atoms with Crippen molar-refractivity contribution in [1.82, 2.24) is 24.4 Å². The minimum atomic E-state index is -0.0640. The molecule has 134 valence electrons. The van der Waals surface area contributed by atoms with Crippen LogP contribution in [0.15, 0.2) is 42.7 Å². The predicted octanol–water partition coefficient (Wildman–Crippen LogP) is 2.99. The van der Waals surface area contributed by atoms with Crippen molar-refractivity contribution in [3.63, 3.8) is 0 Å². The molecule has 6 nitrogen and oxygen atoms in total. The molecule has 0 atom stereocenters. The zero-order chi connectivity index (χ0) is 18.1. The van der Waals surface area contributed by atoms with Crippen molar-refractivity contribution in [3.8, 4) is 0 Å². The number of amides is 1. The molecule has 26 heavy (non-hydrogen) atoms. The predicted molar refractivity (Wildman–Crippen MR) is 101 cm³/mol. The summed E-state index contributed by atoms with van der Waals surface area (Å²) >= 11 is 12.5. The third kappa shape index (κ3) is 3.40. The Kier molecular flexibility index (Phi) is 4.80. The summed E-state index contributed by atoms with van der Waals surface area (Å²) in [5, 5.41) is 5.66. The van der Waals surface area contributed by atoms with Gasteiger partial charge >= 0.3 is 0 Å². The molecule has 0 bridgehead atoms. The Balaban J connectivity index is 1.41. The number of hydrogen-bond donors (Lipinski definition) is 0. The molecular formula is C18H17Cl2N5O. The lowest BCUT2D eigenvalue weighted by atomic mass is 10.2. The third-order valence-corrected chi connectivity index (χ3v) is 5.27. The smallest absolute Gasteiger partial charge is 0.274 e. The van der Waals surface area contributed by atoms with Gasteiger partial charge in [0.1, 0.15) is 0 Å². The number of piperazine rings is 1. The zero-order valence-corrected chi connectivity index (χ0v) is 15.5. The molecule has 8 heteroatoms. The van der Waals surface area contributed by atoms with Crippen LogP contribution in [0.3, 0.4) is 0 Å². The minimum Gasteiger partial charge on any atom is -0.335 e. The number of aromatic nitrogens is 3. The third-order valence-electron chi connectivity index (χ3n) is 4.56. The van der Waals surface area contributed by atoms with Crippen LogP contribution in [0.2, 0.25) is 10.0 Å². The van der Waals surface area contributed by atoms with Gasteiger partial charge in [-0.3, -0.25) is 9.69 Å². The number of benzene rings is 1. The first-order chi connectivity index (χ1) is 12.6. The zero-order valence-electron chi connectivity index (χ0n) is 14.0. The number of nitrogens with zero attached hydrogens (tertiary/aromatic N) is 5. The van der Waals surface area contributed by atoms with Gasteiger partial charge in [-0.15, -0.1) is 0 Å². The van der Waals surface area contributed by atoms with E-state index in [2.05, 4.69) is 15.0 Å². The fraction of sp³-hybridized carbons (Fsp3) is 0.278. The van der Waals surface area contributed by atoms with Crippen molar-refractivity contribution in [2.75, 3.05) is 26.2 Å². The minimum absolute atomic E-state index is 0.0640. The molecule has 1 fully saturated rings. The molecule has 3 heterocycles. The van der Waals surface area contributed by atoms with Crippen molar-refractivity contribution in [3.05, 3.63) is 64.0 Å². The van der Waals surface area contributed by atoms with Gasteiger partial charge in [0.05, 0.1) is 0 Å². The molecule has 0 saturated carbocycles. The summed E-state index contributed by atoms with van der Waals surface area (Å²) in [7, 11) is 0. The van der Waals surface area contributed by atoms with Crippen molar-refractivity contribution in [2.24, 2.45) is 0 Å². The second kappa shape index (κ2) is 7.23. The van der Waals surface area contributed by atoms with E-state index in [1.165, 1.54) is 0 Å². The summed E-state index contributed by atoms with van der Waals surface area (Å²) in [5.74, 6) is -0.0640. The molecule has 0 unspecified atom stereocenters. The van der Waals surface area contributed by atoms with E-state index in [4.69, 9.17) is 23.2 Å². The van der Waals surface area contributed by atoms with Gasteiger partial charge in [-0.2, -0.15) is 5.10 Å². The van der Waals surface area contributed by atoms with E-state index in [-0.39, 0.29) is 5.91 Å². The highest BCUT2D eigenvalue weighted by Gasteiger charge is 2.24. The monoisotopic (exact) mass is 389 g/mol. The quantitative estimate of drug-likeness (QED) is 0.690. The van der Waals surface area contributed by atoms with Gasteiger partial charge in [0.2, 0.25) is 0 Å². The molecule has 1 aromatic carbocycles. The molecule has 4 rings (SSSR count). The summed E-state index contributed by atoms with van der Waals surface area (Å²) < 4.78 is 1.61. The maximum absolute atomic E-state index is 12.7. The molecule has 0 N–H and O–H groups in total. The number of carbonyl (C=O) groups excluding carboxylic acids is 1. The molecule has 0 radical (unpaired) electrons. The Bertz CT molecular complexity index is 896. The van der Waals surface area contributed by atoms with Gasteiger partial charge in [-0.25, -0.2) is 9.50 Å². The van der Waals surface area contributed by atoms with Crippen LogP contribution in [0, 0.1) is 0 Å². The SMILES string of the molecule is O=C(c1cc2ncccn2n1)N1CCN(Cc2c(Cl)cccc2Cl)CC1. The van der Waals surface area contributed by atoms with Crippen LogP contribution in [-0.2, 0) is 6.54 Å². The van der Waals surface area contributed by atoms with Crippen molar-refractivity contribution in [1.29, 1.82) is 0 Å². The first-order valence-corrected chi connectivity index (χ1v) is 9.12. The van der Waals surface area contributed by atoms with E-state index >= 15 is 0 Å². The van der Waals surface area contributed by atoms with Crippen molar-refractivity contribution >= 4 is 34.8 Å². The highest BCUT2D eigenvalue weighted by Crippen LogP contribution is 2.26. The molecule has 1 saturated heterocycles. The summed E-state index contributed by atoms with van der Waals surface area (Å²) in [4.78, 5) is 21.0. The van der Waals surface area contributed by atoms with Crippen LogP contribution in [0.5, 0.6) is 0 Å². The highest BCUT2D eigenvalue weighted by atomic mass is 35.5. The van der Waals surface area contributed by atoms with E-state index in [0.717, 1.165) is 18.7 Å². The van der Waals surface area contributed by atoms with E-state index in [1.54, 1.807) is 29.0 Å². The Hall–Kier alpha value is -2.15. The van der Waals surface area contributed by atoms with Crippen LogP contribution in [-0.4, -0.2) is 56.5 Å². The number of fused-ring (bicyclic) bond motifs is 1. The van der Waals surface area contributed by atoms with Gasteiger partial charge in [-0.1, -0.05) is 29.3 Å². The van der Waals surface area contributed by atoms with Crippen LogP contribution >= 0.6 is 23.2 Å². The number of rotatable bonds is 3. The van der Waals surface area contributed by atoms with Crippen LogP contribution in [0.25, 0.3) is 5.65 Å². The summed E-state index contributed by atoms with van der Waals surface area (Å²) in [6.07, 6.45) is 3.47. The van der Waals surface area contributed by atoms with E-state index in [0.29, 0.717) is 41.0 Å². The van der Waals surface area contributed by atoms with E-state index < -0.39 is 0 Å². The lowest BCUT2D eigenvalue weighted by Crippen LogP contribution is -2.48. The van der Waals surface area contributed by atoms with Gasteiger partial charge < -0.3 is 4.90 Å². The van der Waals surface area contributed by atoms with Gasteiger partial charge in [-0.05, 0) is 18.2 Å². The Morgan fingerprint density at radius 3 is 2.50 bits per heavy atom. The van der Waals surface area contributed by atoms with E-state index in [1.807, 2.05) is 23.1 Å². The molecule has 2 aromatic heterocycles. The summed E-state index contributed by atoms with van der Waals surface area (Å²) in [5.41, 5.74) is 2.02. The topological polar surface area (TPSA) is 53.7 Å². The average molecular weight is 390 g/mol. The molecule has 0 aliphatic carbocycles. The van der Waals surface area contributed by atoms with Gasteiger partial charge in [0.15, 0.2) is 11.3 Å². The fourth-order valence-electron chi connectivity index (χ4n) is 3.11.